The first-order valence-corrected chi connectivity index (χ1v) is 10.6. The Bertz CT molecular complexity index is 1110. The Balaban J connectivity index is 1.94. The standard InChI is InChI=1S/C23H23NO4S/c1-17-9-12-20(13-10-17)24(29(26,27)21-7-5-4-6-8-21)23(25)16-28-22-14-11-18(2)15-19(22)3/h4-15H,16H2,1-3H3. The van der Waals surface area contributed by atoms with E-state index < -0.39 is 22.5 Å². The highest BCUT2D eigenvalue weighted by molar-refractivity contribution is 7.93. The van der Waals surface area contributed by atoms with Crippen LogP contribution in [0, 0.1) is 20.8 Å². The van der Waals surface area contributed by atoms with Gasteiger partial charge in [-0.2, -0.15) is 4.31 Å². The summed E-state index contributed by atoms with van der Waals surface area (Å²) < 4.78 is 32.9. The number of sulfonamides is 1. The first-order chi connectivity index (χ1) is 13.8. The largest absolute Gasteiger partial charge is 0.483 e. The summed E-state index contributed by atoms with van der Waals surface area (Å²) in [5, 5.41) is 0. The molecule has 0 aliphatic rings. The van der Waals surface area contributed by atoms with Crippen molar-refractivity contribution in [3.8, 4) is 5.75 Å². The van der Waals surface area contributed by atoms with Crippen molar-refractivity contribution < 1.29 is 17.9 Å². The summed E-state index contributed by atoms with van der Waals surface area (Å²) in [4.78, 5) is 13.1. The normalized spacial score (nSPS) is 11.1. The van der Waals surface area contributed by atoms with E-state index >= 15 is 0 Å². The minimum Gasteiger partial charge on any atom is -0.483 e. The summed E-state index contributed by atoms with van der Waals surface area (Å²) in [5.41, 5.74) is 3.19. The molecule has 0 heterocycles. The molecular weight excluding hydrogens is 386 g/mol. The van der Waals surface area contributed by atoms with Crippen molar-refractivity contribution >= 4 is 21.6 Å². The van der Waals surface area contributed by atoms with Crippen molar-refractivity contribution in [2.75, 3.05) is 10.9 Å². The number of carbonyl (C=O) groups excluding carboxylic acids is 1. The van der Waals surface area contributed by atoms with Gasteiger partial charge in [-0.15, -0.1) is 0 Å². The van der Waals surface area contributed by atoms with Gasteiger partial charge in [-0.05, 0) is 56.7 Å². The van der Waals surface area contributed by atoms with Gasteiger partial charge in [0.2, 0.25) is 0 Å². The van der Waals surface area contributed by atoms with E-state index in [1.54, 1.807) is 48.5 Å². The van der Waals surface area contributed by atoms with Gasteiger partial charge in [0.1, 0.15) is 5.75 Å². The van der Waals surface area contributed by atoms with Gasteiger partial charge in [0.15, 0.2) is 6.61 Å². The van der Waals surface area contributed by atoms with Crippen LogP contribution in [0.4, 0.5) is 5.69 Å². The SMILES string of the molecule is Cc1ccc(N(C(=O)COc2ccc(C)cc2C)S(=O)(=O)c2ccccc2)cc1. The van der Waals surface area contributed by atoms with Crippen LogP contribution in [-0.4, -0.2) is 20.9 Å². The third-order valence-electron chi connectivity index (χ3n) is 4.46. The summed E-state index contributed by atoms with van der Waals surface area (Å²) in [5.74, 6) is -0.123. The molecule has 3 aromatic rings. The van der Waals surface area contributed by atoms with E-state index in [2.05, 4.69) is 0 Å². The summed E-state index contributed by atoms with van der Waals surface area (Å²) >= 11 is 0. The molecule has 6 heteroatoms. The number of rotatable bonds is 6. The summed E-state index contributed by atoms with van der Waals surface area (Å²) in [6.07, 6.45) is 0. The molecule has 0 spiro atoms. The van der Waals surface area contributed by atoms with E-state index in [9.17, 15) is 13.2 Å². The fraction of sp³-hybridized carbons (Fsp3) is 0.174. The quantitative estimate of drug-likeness (QED) is 0.605. The molecule has 3 aromatic carbocycles. The zero-order valence-corrected chi connectivity index (χ0v) is 17.4. The maximum atomic E-state index is 13.2. The molecule has 0 unspecified atom stereocenters. The van der Waals surface area contributed by atoms with Crippen LogP contribution in [0.1, 0.15) is 16.7 Å². The second-order valence-electron chi connectivity index (χ2n) is 6.87. The van der Waals surface area contributed by atoms with Crippen LogP contribution >= 0.6 is 0 Å². The predicted molar refractivity (Wildman–Crippen MR) is 114 cm³/mol. The van der Waals surface area contributed by atoms with Crippen LogP contribution in [0.15, 0.2) is 77.7 Å². The number of amides is 1. The van der Waals surface area contributed by atoms with Crippen molar-refractivity contribution in [3.63, 3.8) is 0 Å². The zero-order chi connectivity index (χ0) is 21.0. The lowest BCUT2D eigenvalue weighted by Crippen LogP contribution is -2.40. The van der Waals surface area contributed by atoms with Gasteiger partial charge < -0.3 is 4.74 Å². The molecule has 0 aromatic heterocycles. The average molecular weight is 410 g/mol. The maximum Gasteiger partial charge on any atom is 0.278 e. The van der Waals surface area contributed by atoms with E-state index in [1.807, 2.05) is 32.9 Å². The molecule has 29 heavy (non-hydrogen) atoms. The van der Waals surface area contributed by atoms with Crippen molar-refractivity contribution in [1.82, 2.24) is 0 Å². The molecule has 0 saturated carbocycles. The minimum absolute atomic E-state index is 0.0421. The molecule has 0 bridgehead atoms. The molecule has 0 N–H and O–H groups in total. The zero-order valence-electron chi connectivity index (χ0n) is 16.6. The van der Waals surface area contributed by atoms with Gasteiger partial charge in [0, 0.05) is 0 Å². The molecule has 150 valence electrons. The lowest BCUT2D eigenvalue weighted by molar-refractivity contribution is -0.119. The number of benzene rings is 3. The number of carbonyl (C=O) groups is 1. The maximum absolute atomic E-state index is 13.2. The van der Waals surface area contributed by atoms with Crippen molar-refractivity contribution in [2.24, 2.45) is 0 Å². The second-order valence-corrected chi connectivity index (χ2v) is 8.66. The predicted octanol–water partition coefficient (Wildman–Crippen LogP) is 4.41. The van der Waals surface area contributed by atoms with Crippen LogP contribution in [0.5, 0.6) is 5.75 Å². The first-order valence-electron chi connectivity index (χ1n) is 9.19. The molecule has 1 amide bonds. The Labute approximate surface area is 171 Å². The lowest BCUT2D eigenvalue weighted by Gasteiger charge is -2.23. The van der Waals surface area contributed by atoms with Gasteiger partial charge in [-0.25, -0.2) is 8.42 Å². The summed E-state index contributed by atoms with van der Waals surface area (Å²) in [6.45, 7) is 5.34. The van der Waals surface area contributed by atoms with Crippen molar-refractivity contribution in [2.45, 2.75) is 25.7 Å². The van der Waals surface area contributed by atoms with E-state index in [-0.39, 0.29) is 10.6 Å². The van der Waals surface area contributed by atoms with E-state index in [0.29, 0.717) is 5.75 Å². The highest BCUT2D eigenvalue weighted by atomic mass is 32.2. The van der Waals surface area contributed by atoms with E-state index in [1.165, 1.54) is 12.1 Å². The Morgan fingerprint density at radius 2 is 1.48 bits per heavy atom. The summed E-state index contributed by atoms with van der Waals surface area (Å²) in [6, 6.07) is 20.3. The number of anilines is 1. The van der Waals surface area contributed by atoms with Gasteiger partial charge in [-0.3, -0.25) is 4.79 Å². The van der Waals surface area contributed by atoms with Crippen LogP contribution in [-0.2, 0) is 14.8 Å². The Hall–Kier alpha value is -3.12. The Morgan fingerprint density at radius 1 is 0.862 bits per heavy atom. The summed E-state index contributed by atoms with van der Waals surface area (Å²) in [7, 11) is -4.08. The third kappa shape index (κ3) is 4.66. The smallest absolute Gasteiger partial charge is 0.278 e. The molecule has 0 atom stereocenters. The fourth-order valence-corrected chi connectivity index (χ4v) is 4.39. The van der Waals surface area contributed by atoms with Crippen LogP contribution in [0.25, 0.3) is 0 Å². The highest BCUT2D eigenvalue weighted by Crippen LogP contribution is 2.25. The first kappa shape index (κ1) is 20.6. The average Bonchev–Trinajstić information content (AvgIpc) is 2.69. The van der Waals surface area contributed by atoms with Crippen LogP contribution < -0.4 is 9.04 Å². The number of hydrogen-bond donors (Lipinski definition) is 0. The van der Waals surface area contributed by atoms with Crippen LogP contribution in [0.2, 0.25) is 0 Å². The van der Waals surface area contributed by atoms with Gasteiger partial charge in [0.25, 0.3) is 15.9 Å². The van der Waals surface area contributed by atoms with E-state index in [0.717, 1.165) is 21.0 Å². The molecule has 0 radical (unpaired) electrons. The van der Waals surface area contributed by atoms with E-state index in [4.69, 9.17) is 4.74 Å². The number of ether oxygens (including phenoxy) is 1. The number of aryl methyl sites for hydroxylation is 3. The molecule has 5 nitrogen and oxygen atoms in total. The van der Waals surface area contributed by atoms with Crippen LogP contribution in [0.3, 0.4) is 0 Å². The fourth-order valence-electron chi connectivity index (χ4n) is 2.95. The minimum atomic E-state index is -4.08. The third-order valence-corrected chi connectivity index (χ3v) is 6.22. The van der Waals surface area contributed by atoms with Gasteiger partial charge in [0.05, 0.1) is 10.6 Å². The highest BCUT2D eigenvalue weighted by Gasteiger charge is 2.31. The molecule has 0 fully saturated rings. The Morgan fingerprint density at radius 3 is 2.10 bits per heavy atom. The monoisotopic (exact) mass is 409 g/mol. The van der Waals surface area contributed by atoms with Gasteiger partial charge >= 0.3 is 0 Å². The molecular formula is C23H23NO4S. The molecule has 0 saturated heterocycles. The number of nitrogens with zero attached hydrogens (tertiary/aromatic N) is 1. The second kappa shape index (κ2) is 8.49. The van der Waals surface area contributed by atoms with Crippen molar-refractivity contribution in [3.05, 3.63) is 89.5 Å². The number of hydrogen-bond acceptors (Lipinski definition) is 4. The topological polar surface area (TPSA) is 63.7 Å². The molecule has 0 aliphatic carbocycles. The van der Waals surface area contributed by atoms with Crippen molar-refractivity contribution in [1.29, 1.82) is 0 Å². The Kier molecular flexibility index (Phi) is 6.03. The lowest BCUT2D eigenvalue weighted by atomic mass is 10.1. The molecule has 3 rings (SSSR count). The van der Waals surface area contributed by atoms with Gasteiger partial charge in [-0.1, -0.05) is 53.6 Å². The molecule has 0 aliphatic heterocycles.